The summed E-state index contributed by atoms with van der Waals surface area (Å²) in [6.07, 6.45) is -5.54. The number of primary amides is 1. The molecular formula is C22H17F3N4O3S2. The van der Waals surface area contributed by atoms with Crippen LogP contribution >= 0.6 is 24.0 Å². The number of thioether (sulfide) groups is 1. The van der Waals surface area contributed by atoms with Crippen LogP contribution < -0.4 is 20.3 Å². The van der Waals surface area contributed by atoms with Crippen LogP contribution in [0.25, 0.3) is 0 Å². The van der Waals surface area contributed by atoms with E-state index in [2.05, 4.69) is 0 Å². The monoisotopic (exact) mass is 506 g/mol. The topological polar surface area (TPSA) is 99.7 Å². The van der Waals surface area contributed by atoms with Crippen LogP contribution in [-0.2, 0) is 15.8 Å². The molecule has 0 bridgehead atoms. The number of carbonyl (C=O) groups is 2. The van der Waals surface area contributed by atoms with Gasteiger partial charge in [0.1, 0.15) is 11.3 Å². The smallest absolute Gasteiger partial charge is 0.417 e. The Labute approximate surface area is 202 Å². The van der Waals surface area contributed by atoms with E-state index in [1.54, 1.807) is 36.9 Å². The first-order valence-corrected chi connectivity index (χ1v) is 11.3. The van der Waals surface area contributed by atoms with Crippen molar-refractivity contribution in [2.75, 3.05) is 15.6 Å². The van der Waals surface area contributed by atoms with E-state index in [1.807, 2.05) is 0 Å². The highest BCUT2D eigenvalue weighted by Gasteiger charge is 2.51. The summed E-state index contributed by atoms with van der Waals surface area (Å²) >= 11 is 6.90. The van der Waals surface area contributed by atoms with Crippen molar-refractivity contribution >= 4 is 52.3 Å². The maximum atomic E-state index is 13.5. The molecular weight excluding hydrogens is 489 g/mol. The molecule has 0 aliphatic carbocycles. The van der Waals surface area contributed by atoms with Crippen LogP contribution in [0, 0.1) is 11.3 Å². The minimum absolute atomic E-state index is 0.00970. The summed E-state index contributed by atoms with van der Waals surface area (Å²) in [5.74, 6) is -0.329. The van der Waals surface area contributed by atoms with E-state index >= 15 is 0 Å². The number of carbonyl (C=O) groups excluding carboxylic acids is 2. The second-order valence-corrected chi connectivity index (χ2v) is 9.53. The van der Waals surface area contributed by atoms with E-state index in [1.165, 1.54) is 23.9 Å². The number of benzene rings is 2. The third-order valence-corrected chi connectivity index (χ3v) is 6.98. The molecule has 34 heavy (non-hydrogen) atoms. The molecule has 2 aliphatic rings. The van der Waals surface area contributed by atoms with Crippen molar-refractivity contribution in [1.82, 2.24) is 0 Å². The van der Waals surface area contributed by atoms with Gasteiger partial charge in [-0.2, -0.15) is 18.4 Å². The number of anilines is 2. The maximum absolute atomic E-state index is 13.5. The molecule has 1 unspecified atom stereocenters. The second kappa shape index (κ2) is 8.18. The van der Waals surface area contributed by atoms with Crippen LogP contribution in [0.3, 0.4) is 0 Å². The number of hydrogen-bond donors (Lipinski definition) is 1. The number of halogens is 3. The van der Waals surface area contributed by atoms with Gasteiger partial charge >= 0.3 is 6.18 Å². The molecule has 7 nitrogen and oxygen atoms in total. The summed E-state index contributed by atoms with van der Waals surface area (Å²) in [4.78, 5) is 28.0. The molecule has 12 heteroatoms. The van der Waals surface area contributed by atoms with Crippen LogP contribution in [0.1, 0.15) is 25.0 Å². The molecule has 2 aromatic carbocycles. The number of thiocarbonyl (C=S) groups is 1. The van der Waals surface area contributed by atoms with Gasteiger partial charge in [0.15, 0.2) is 11.2 Å². The van der Waals surface area contributed by atoms with Gasteiger partial charge in [-0.05, 0) is 62.5 Å². The molecule has 1 atom stereocenters. The zero-order chi connectivity index (χ0) is 25.0. The lowest BCUT2D eigenvalue weighted by molar-refractivity contribution is -0.137. The zero-order valence-corrected chi connectivity index (χ0v) is 19.5. The summed E-state index contributed by atoms with van der Waals surface area (Å²) in [5.41, 5.74) is 2.85. The van der Waals surface area contributed by atoms with Gasteiger partial charge in [-0.1, -0.05) is 0 Å². The number of alkyl halides is 3. The lowest BCUT2D eigenvalue weighted by atomic mass is 10.0. The number of rotatable bonds is 3. The molecule has 0 saturated carbocycles. The van der Waals surface area contributed by atoms with Gasteiger partial charge in [0.25, 0.3) is 11.8 Å². The number of amides is 2. The number of fused-ring (bicyclic) bond motifs is 1. The minimum Gasteiger partial charge on any atom is -0.479 e. The van der Waals surface area contributed by atoms with Crippen molar-refractivity contribution in [2.24, 2.45) is 5.73 Å². The SMILES string of the molecule is CC1(C)C(=O)N(c2ccc(C#N)c(C(F)(F)F)c2)C(=S)N1c1ccc2c(c1)SCC(C(N)=O)O2. The van der Waals surface area contributed by atoms with Crippen molar-refractivity contribution in [3.05, 3.63) is 47.5 Å². The second-order valence-electron chi connectivity index (χ2n) is 8.11. The van der Waals surface area contributed by atoms with Gasteiger partial charge in [0.2, 0.25) is 0 Å². The lowest BCUT2D eigenvalue weighted by Crippen LogP contribution is -2.44. The lowest BCUT2D eigenvalue weighted by Gasteiger charge is -2.31. The number of nitrogens with zero attached hydrogens (tertiary/aromatic N) is 3. The largest absolute Gasteiger partial charge is 0.479 e. The average Bonchev–Trinajstić information content (AvgIpc) is 2.95. The van der Waals surface area contributed by atoms with E-state index < -0.39 is 40.8 Å². The van der Waals surface area contributed by atoms with Crippen molar-refractivity contribution in [2.45, 2.75) is 36.6 Å². The molecule has 176 valence electrons. The summed E-state index contributed by atoms with van der Waals surface area (Å²) in [6.45, 7) is 3.23. The van der Waals surface area contributed by atoms with Crippen molar-refractivity contribution < 1.29 is 27.5 Å². The normalized spacial score (nSPS) is 19.5. The molecule has 0 aromatic heterocycles. The van der Waals surface area contributed by atoms with E-state index in [0.29, 0.717) is 22.1 Å². The molecule has 2 amide bonds. The Kier molecular flexibility index (Phi) is 5.73. The molecule has 4 rings (SSSR count). The van der Waals surface area contributed by atoms with Crippen LogP contribution in [0.4, 0.5) is 24.5 Å². The van der Waals surface area contributed by atoms with E-state index in [0.717, 1.165) is 17.0 Å². The molecule has 2 N–H and O–H groups in total. The fourth-order valence-corrected chi connectivity index (χ4v) is 5.35. The first-order chi connectivity index (χ1) is 15.9. The van der Waals surface area contributed by atoms with E-state index in [9.17, 15) is 22.8 Å². The number of ether oxygens (including phenoxy) is 1. The summed E-state index contributed by atoms with van der Waals surface area (Å²) in [7, 11) is 0. The maximum Gasteiger partial charge on any atom is 0.417 e. The van der Waals surface area contributed by atoms with Crippen molar-refractivity contribution in [3.8, 4) is 11.8 Å². The molecule has 2 aliphatic heterocycles. The van der Waals surface area contributed by atoms with Gasteiger partial charge in [0.05, 0.1) is 27.8 Å². The Balaban J connectivity index is 1.73. The minimum atomic E-state index is -4.78. The predicted octanol–water partition coefficient (Wildman–Crippen LogP) is 3.83. The zero-order valence-electron chi connectivity index (χ0n) is 17.8. The van der Waals surface area contributed by atoms with Gasteiger partial charge in [-0.25, -0.2) is 0 Å². The van der Waals surface area contributed by atoms with Crippen molar-refractivity contribution in [3.63, 3.8) is 0 Å². The summed E-state index contributed by atoms with van der Waals surface area (Å²) in [5, 5.41) is 9.05. The third-order valence-electron chi connectivity index (χ3n) is 5.52. The number of nitrogens with two attached hydrogens (primary N) is 1. The first-order valence-electron chi connectivity index (χ1n) is 9.89. The Morgan fingerprint density at radius 2 is 1.94 bits per heavy atom. The average molecular weight is 507 g/mol. The molecule has 2 heterocycles. The van der Waals surface area contributed by atoms with Gasteiger partial charge in [0, 0.05) is 11.4 Å². The Morgan fingerprint density at radius 3 is 2.56 bits per heavy atom. The fraction of sp³-hybridized carbons (Fsp3) is 0.273. The quantitative estimate of drug-likeness (QED) is 0.632. The highest BCUT2D eigenvalue weighted by atomic mass is 32.2. The van der Waals surface area contributed by atoms with Crippen LogP contribution in [0.15, 0.2) is 41.3 Å². The van der Waals surface area contributed by atoms with E-state index in [4.69, 9.17) is 28.0 Å². The molecule has 1 saturated heterocycles. The molecule has 0 radical (unpaired) electrons. The summed E-state index contributed by atoms with van der Waals surface area (Å²) < 4.78 is 46.1. The first kappa shape index (κ1) is 23.8. The molecule has 1 fully saturated rings. The van der Waals surface area contributed by atoms with E-state index in [-0.39, 0.29) is 10.8 Å². The molecule has 2 aromatic rings. The fourth-order valence-electron chi connectivity index (χ4n) is 3.80. The highest BCUT2D eigenvalue weighted by molar-refractivity contribution is 7.99. The van der Waals surface area contributed by atoms with Crippen molar-refractivity contribution in [1.29, 1.82) is 5.26 Å². The van der Waals surface area contributed by atoms with Gasteiger partial charge in [-0.3, -0.25) is 14.5 Å². The Bertz CT molecular complexity index is 1270. The Morgan fingerprint density at radius 1 is 1.26 bits per heavy atom. The Hall–Kier alpha value is -3.30. The molecule has 0 spiro atoms. The number of nitriles is 1. The van der Waals surface area contributed by atoms with Crippen LogP contribution in [0.2, 0.25) is 0 Å². The third kappa shape index (κ3) is 3.84. The van der Waals surface area contributed by atoms with Gasteiger partial charge in [-0.15, -0.1) is 11.8 Å². The van der Waals surface area contributed by atoms with Crippen LogP contribution in [-0.4, -0.2) is 34.3 Å². The standard InChI is InChI=1S/C22H17F3N4O3S2/c1-21(2)19(31)28(12-4-3-11(9-26)14(7-12)22(23,24)25)20(33)29(21)13-5-6-15-17(8-13)34-10-16(32-15)18(27)30/h3-8,16H,10H2,1-2H3,(H2,27,30). The predicted molar refractivity (Wildman–Crippen MR) is 124 cm³/mol. The summed E-state index contributed by atoms with van der Waals surface area (Å²) in [6, 6.07) is 9.57. The van der Waals surface area contributed by atoms with Crippen LogP contribution in [0.5, 0.6) is 5.75 Å². The highest BCUT2D eigenvalue weighted by Crippen LogP contribution is 2.43. The number of hydrogen-bond acceptors (Lipinski definition) is 6. The van der Waals surface area contributed by atoms with Gasteiger partial charge < -0.3 is 15.4 Å².